The number of nitrogens with two attached hydrogens (primary N) is 1. The van der Waals surface area contributed by atoms with E-state index in [1.807, 2.05) is 0 Å². The Balaban J connectivity index is 2.69. The molecule has 0 saturated carbocycles. The van der Waals surface area contributed by atoms with E-state index >= 15 is 0 Å². The summed E-state index contributed by atoms with van der Waals surface area (Å²) < 4.78 is 89.2. The molecule has 0 radical (unpaired) electrons. The van der Waals surface area contributed by atoms with E-state index in [4.69, 9.17) is 38.5 Å². The van der Waals surface area contributed by atoms with Gasteiger partial charge in [-0.25, -0.2) is 13.7 Å². The van der Waals surface area contributed by atoms with Crippen LogP contribution in [0.15, 0.2) is 0 Å². The molecular weight excluding hydrogens is 1390 g/mol. The van der Waals surface area contributed by atoms with Crippen molar-refractivity contribution in [3.05, 3.63) is 0 Å². The number of ether oxygens (including phenoxy) is 5. The summed E-state index contributed by atoms with van der Waals surface area (Å²) in [6.07, 6.45) is 11.3. The average Bonchev–Trinajstić information content (AvgIpc) is 0.779. The maximum atomic E-state index is 14.3. The number of amides is 2. The van der Waals surface area contributed by atoms with Gasteiger partial charge in [0, 0.05) is 6.54 Å². The highest BCUT2D eigenvalue weighted by Gasteiger charge is 2.56. The zero-order chi connectivity index (χ0) is 75.6. The maximum absolute atomic E-state index is 14.3. The molecule has 14 N–H and O–H groups in total. The van der Waals surface area contributed by atoms with Crippen LogP contribution in [0.4, 0.5) is 0 Å². The number of nitrogens with one attached hydrogen (secondary N) is 2. The van der Waals surface area contributed by atoms with Gasteiger partial charge < -0.3 is 90.3 Å². The van der Waals surface area contributed by atoms with Gasteiger partial charge >= 0.3 is 35.4 Å². The minimum absolute atomic E-state index is 0.132. The van der Waals surface area contributed by atoms with Gasteiger partial charge in [-0.2, -0.15) is 4.31 Å². The third-order valence-electron chi connectivity index (χ3n) is 18.4. The second-order valence-electron chi connectivity index (χ2n) is 27.9. The van der Waals surface area contributed by atoms with Crippen molar-refractivity contribution < 1.29 is 125 Å². The van der Waals surface area contributed by atoms with Crippen molar-refractivity contribution in [2.24, 2.45) is 5.73 Å². The molecule has 2 rings (SSSR count). The zero-order valence-electron chi connectivity index (χ0n) is 61.9. The molecule has 29 nitrogen and oxygen atoms in total. The molecule has 32 heteroatoms. The number of phosphoric acid groups is 3. The third kappa shape index (κ3) is 45.6. The maximum Gasteiger partial charge on any atom is 0.481 e. The van der Waals surface area contributed by atoms with E-state index in [-0.39, 0.29) is 32.2 Å². The first-order valence-corrected chi connectivity index (χ1v) is 43.3. The number of carbonyl (C=O) groups is 4. The molecule has 602 valence electrons. The second-order valence-corrected chi connectivity index (χ2v) is 32.1. The Hall–Kier alpha value is -2.15. The normalized spacial score (nSPS) is 23.4. The van der Waals surface area contributed by atoms with Crippen LogP contribution in [-0.4, -0.2) is 186 Å². The van der Waals surface area contributed by atoms with Crippen molar-refractivity contribution in [3.63, 3.8) is 0 Å². The molecule has 2 aliphatic heterocycles. The molecule has 2 saturated heterocycles. The van der Waals surface area contributed by atoms with E-state index in [9.17, 15) is 83.1 Å². The number of phosphoric ester groups is 3. The number of rotatable bonds is 65. The topological polar surface area (TPSA) is 455 Å². The lowest BCUT2D eigenvalue weighted by atomic mass is 9.95. The third-order valence-corrected chi connectivity index (χ3v) is 21.6. The molecule has 2 heterocycles. The molecule has 102 heavy (non-hydrogen) atoms. The summed E-state index contributed by atoms with van der Waals surface area (Å²) in [6.45, 7) is 5.32. The predicted octanol–water partition coefficient (Wildman–Crippen LogP) is 11.0. The Kier molecular flexibility index (Phi) is 53.6. The Morgan fingerprint density at radius 3 is 1.13 bits per heavy atom. The van der Waals surface area contributed by atoms with Crippen molar-refractivity contribution in [2.45, 2.75) is 396 Å². The van der Waals surface area contributed by atoms with Crippen LogP contribution in [0.2, 0.25) is 0 Å². The SMILES string of the molecule is CCCCCCCCCCC[C@@H](O)CC(=O)NC1C(OC(=O)C[C@H](O)CCCCCCCCCCC)[C@H](O)C(CO[C@@H]2O[C@H](CO)[C@@H](OP(=O)(O)OP(=O)(O)OCCN)C(OC(=O)C[C@H](O)CCCCCCCCCCC)C2NC(=O)C[C@H](O)CCCCCCCCCCC)O[C@@H]1OP(=O)(O)O. The average molecular weight is 1530 g/mol. The van der Waals surface area contributed by atoms with Crippen molar-refractivity contribution in [3.8, 4) is 0 Å². The molecule has 0 bridgehead atoms. The number of aliphatic hydroxyl groups is 6. The van der Waals surface area contributed by atoms with Crippen LogP contribution in [0, 0.1) is 0 Å². The van der Waals surface area contributed by atoms with Gasteiger partial charge in [-0.15, -0.1) is 0 Å². The lowest BCUT2D eigenvalue weighted by Crippen LogP contribution is -2.68. The number of unbranched alkanes of at least 4 members (excludes halogenated alkanes) is 32. The second kappa shape index (κ2) is 57.0. The van der Waals surface area contributed by atoms with Gasteiger partial charge in [0.2, 0.25) is 11.8 Å². The molecule has 0 aliphatic carbocycles. The molecule has 0 aromatic carbocycles. The molecule has 2 amide bonds. The molecular formula is C70H136N3O26P3. The van der Waals surface area contributed by atoms with Gasteiger partial charge in [-0.05, 0) is 25.7 Å². The molecule has 0 spiro atoms. The van der Waals surface area contributed by atoms with Crippen molar-refractivity contribution in [2.75, 3.05) is 26.4 Å². The van der Waals surface area contributed by atoms with Crippen LogP contribution in [0.5, 0.6) is 0 Å². The molecule has 0 aromatic rings. The van der Waals surface area contributed by atoms with E-state index in [0.29, 0.717) is 25.7 Å². The molecule has 2 fully saturated rings. The van der Waals surface area contributed by atoms with Gasteiger partial charge in [-0.3, -0.25) is 32.7 Å². The minimum Gasteiger partial charge on any atom is -0.457 e. The van der Waals surface area contributed by atoms with E-state index in [0.717, 1.165) is 193 Å². The molecule has 7 unspecified atom stereocenters. The highest BCUT2D eigenvalue weighted by atomic mass is 31.3. The summed E-state index contributed by atoms with van der Waals surface area (Å²) in [5.74, 6) is -4.24. The molecule has 0 aromatic heterocycles. The Morgan fingerprint density at radius 2 is 0.775 bits per heavy atom. The van der Waals surface area contributed by atoms with E-state index in [1.54, 1.807) is 0 Å². The minimum atomic E-state index is -5.93. The van der Waals surface area contributed by atoms with Gasteiger partial charge in [0.15, 0.2) is 24.8 Å². The van der Waals surface area contributed by atoms with Gasteiger partial charge in [0.1, 0.15) is 36.5 Å². The first kappa shape index (κ1) is 95.9. The monoisotopic (exact) mass is 1530 g/mol. The van der Waals surface area contributed by atoms with Crippen LogP contribution in [0.25, 0.3) is 0 Å². The Labute approximate surface area is 608 Å². The molecule has 16 atom stereocenters. The zero-order valence-corrected chi connectivity index (χ0v) is 64.6. The largest absolute Gasteiger partial charge is 0.481 e. The number of esters is 2. The van der Waals surface area contributed by atoms with Crippen LogP contribution >= 0.6 is 23.5 Å². The highest BCUT2D eigenvalue weighted by Crippen LogP contribution is 2.61. The van der Waals surface area contributed by atoms with Crippen LogP contribution in [0.3, 0.4) is 0 Å². The first-order chi connectivity index (χ1) is 48.7. The Morgan fingerprint density at radius 1 is 0.441 bits per heavy atom. The van der Waals surface area contributed by atoms with Gasteiger partial charge in [0.25, 0.3) is 0 Å². The van der Waals surface area contributed by atoms with Crippen LogP contribution in [-0.2, 0) is 74.4 Å². The predicted molar refractivity (Wildman–Crippen MR) is 384 cm³/mol. The Bertz CT molecular complexity index is 2340. The van der Waals surface area contributed by atoms with Gasteiger partial charge in [-0.1, -0.05) is 259 Å². The first-order valence-electron chi connectivity index (χ1n) is 38.8. The summed E-state index contributed by atoms with van der Waals surface area (Å²) in [5.41, 5.74) is 5.40. The smallest absolute Gasteiger partial charge is 0.457 e. The fourth-order valence-corrected chi connectivity index (χ4v) is 15.5. The number of carbonyl (C=O) groups excluding carboxylic acids is 4. The van der Waals surface area contributed by atoms with E-state index < -0.39 is 178 Å². The van der Waals surface area contributed by atoms with Crippen molar-refractivity contribution in [1.29, 1.82) is 0 Å². The summed E-state index contributed by atoms with van der Waals surface area (Å²) in [7, 11) is -17.1. The van der Waals surface area contributed by atoms with Crippen LogP contribution < -0.4 is 16.4 Å². The van der Waals surface area contributed by atoms with Crippen LogP contribution in [0.1, 0.15) is 310 Å². The summed E-state index contributed by atoms with van der Waals surface area (Å²) in [5, 5.41) is 72.8. The lowest BCUT2D eigenvalue weighted by Gasteiger charge is -2.47. The number of aliphatic hydroxyl groups excluding tert-OH is 6. The fourth-order valence-electron chi connectivity index (χ4n) is 12.7. The van der Waals surface area contributed by atoms with E-state index in [2.05, 4.69) is 47.2 Å². The summed E-state index contributed by atoms with van der Waals surface area (Å²) in [6, 6.07) is -3.94. The highest BCUT2D eigenvalue weighted by molar-refractivity contribution is 7.61. The lowest BCUT2D eigenvalue weighted by molar-refractivity contribution is -0.296. The van der Waals surface area contributed by atoms with Gasteiger partial charge in [0.05, 0.1) is 69.9 Å². The molecule has 2 aliphatic rings. The summed E-state index contributed by atoms with van der Waals surface area (Å²) in [4.78, 5) is 98.4. The van der Waals surface area contributed by atoms with Crippen molar-refractivity contribution >= 4 is 47.2 Å². The standard InChI is InChI=1S/C70H136N3O26P3/c1-5-9-13-17-21-25-29-33-37-41-53(75)47-59(79)72-63-67(95-61(81)49-55(77)43-39-35-31-27-23-19-15-11-7-3)65(83)58(94-70(63)98-100(84,85)86)52-91-69-64(73-60(80)48-54(76)42-38-34-30-26-22-18-14-10-6-2)68(96-62(82)50-56(78)44-40-36-32-28-24-20-16-12-8-4)66(57(51-74)93-69)97-102(89,90)99-101(87,88)92-46-45-71/h53-58,63-70,74-78,83H,5-52,71H2,1-4H3,(H,72,79)(H,73,80)(H,87,88)(H,89,90)(H2,84,85,86)/t53-,54-,55-,56-,57-,58?,63?,64?,65-,66-,67?,68?,69-,70-/m1/s1. The van der Waals surface area contributed by atoms with E-state index in [1.165, 1.54) is 12.8 Å². The number of hydrogen-bond donors (Lipinski definition) is 13. The summed E-state index contributed by atoms with van der Waals surface area (Å²) >= 11 is 0. The quantitative estimate of drug-likeness (QED) is 0.0153. The van der Waals surface area contributed by atoms with Crippen molar-refractivity contribution in [1.82, 2.24) is 10.6 Å². The number of hydrogen-bond acceptors (Lipinski definition) is 23. The fraction of sp³-hybridized carbons (Fsp3) is 0.943.